The van der Waals surface area contributed by atoms with Crippen LogP contribution < -0.4 is 10.7 Å². The molecule has 0 aliphatic carbocycles. The SMILES string of the molecule is CC1NC(=O)C(C(C)C)OC(=O)C(C)(C)C=Cc2ccc3ccc(nc3c2)C(C)OC(=O)C2CCCN(N2)C1=O. The molecule has 3 heterocycles. The van der Waals surface area contributed by atoms with Crippen LogP contribution >= 0.6 is 0 Å². The number of amides is 2. The van der Waals surface area contributed by atoms with Crippen molar-refractivity contribution in [2.24, 2.45) is 11.3 Å². The summed E-state index contributed by atoms with van der Waals surface area (Å²) < 4.78 is 11.4. The van der Waals surface area contributed by atoms with Gasteiger partial charge in [-0.3, -0.25) is 24.2 Å². The monoisotopic (exact) mass is 550 g/mol. The van der Waals surface area contributed by atoms with E-state index in [0.717, 1.165) is 10.9 Å². The summed E-state index contributed by atoms with van der Waals surface area (Å²) in [6.45, 7) is 10.7. The third kappa shape index (κ3) is 6.50. The molecule has 214 valence electrons. The minimum Gasteiger partial charge on any atom is -0.455 e. The molecule has 1 aromatic carbocycles. The average molecular weight is 551 g/mol. The van der Waals surface area contributed by atoms with Gasteiger partial charge in [-0.05, 0) is 64.2 Å². The zero-order valence-electron chi connectivity index (χ0n) is 23.9. The van der Waals surface area contributed by atoms with Gasteiger partial charge in [0.25, 0.3) is 11.8 Å². The number of hydrazine groups is 1. The maximum atomic E-state index is 13.2. The molecule has 2 aliphatic rings. The zero-order chi connectivity index (χ0) is 29.2. The first kappa shape index (κ1) is 29.2. The quantitative estimate of drug-likeness (QED) is 0.517. The fourth-order valence-corrected chi connectivity index (χ4v) is 4.64. The summed E-state index contributed by atoms with van der Waals surface area (Å²) in [6.07, 6.45) is 2.92. The molecule has 2 N–H and O–H groups in total. The van der Waals surface area contributed by atoms with Gasteiger partial charge in [-0.25, -0.2) is 10.4 Å². The summed E-state index contributed by atoms with van der Waals surface area (Å²) in [5.74, 6) is -2.35. The van der Waals surface area contributed by atoms with Gasteiger partial charge in [-0.1, -0.05) is 44.2 Å². The number of rotatable bonds is 1. The smallest absolute Gasteiger partial charge is 0.325 e. The van der Waals surface area contributed by atoms with E-state index in [-0.39, 0.29) is 5.92 Å². The number of nitrogens with one attached hydrogen (secondary N) is 2. The molecule has 1 saturated heterocycles. The van der Waals surface area contributed by atoms with Crippen molar-refractivity contribution >= 4 is 40.7 Å². The fourth-order valence-electron chi connectivity index (χ4n) is 4.64. The van der Waals surface area contributed by atoms with E-state index in [2.05, 4.69) is 10.7 Å². The largest absolute Gasteiger partial charge is 0.455 e. The molecule has 4 rings (SSSR count). The van der Waals surface area contributed by atoms with Crippen molar-refractivity contribution in [1.29, 1.82) is 0 Å². The summed E-state index contributed by atoms with van der Waals surface area (Å²) in [5.41, 5.74) is 4.06. The second-order valence-electron chi connectivity index (χ2n) is 11.4. The lowest BCUT2D eigenvalue weighted by atomic mass is 9.92. The van der Waals surface area contributed by atoms with Gasteiger partial charge in [-0.15, -0.1) is 0 Å². The first-order valence-corrected chi connectivity index (χ1v) is 13.7. The van der Waals surface area contributed by atoms with Crippen molar-refractivity contribution in [2.45, 2.75) is 78.7 Å². The van der Waals surface area contributed by atoms with Gasteiger partial charge in [0.1, 0.15) is 18.2 Å². The second-order valence-corrected chi connectivity index (χ2v) is 11.4. The highest BCUT2D eigenvalue weighted by atomic mass is 16.6. The molecule has 2 amide bonds. The van der Waals surface area contributed by atoms with Crippen molar-refractivity contribution in [3.63, 3.8) is 0 Å². The fraction of sp³-hybridized carbons (Fsp3) is 0.500. The molecule has 1 fully saturated rings. The maximum Gasteiger partial charge on any atom is 0.325 e. The minimum absolute atomic E-state index is 0.331. The molecule has 0 radical (unpaired) electrons. The highest BCUT2D eigenvalue weighted by Crippen LogP contribution is 2.26. The number of hydrogen-bond donors (Lipinski definition) is 2. The number of nitrogens with zero attached hydrogens (tertiary/aromatic N) is 2. The highest BCUT2D eigenvalue weighted by Gasteiger charge is 2.36. The van der Waals surface area contributed by atoms with Crippen molar-refractivity contribution in [3.8, 4) is 0 Å². The summed E-state index contributed by atoms with van der Waals surface area (Å²) >= 11 is 0. The average Bonchev–Trinajstić information content (AvgIpc) is 2.92. The number of fused-ring (bicyclic) bond motifs is 4. The maximum absolute atomic E-state index is 13.2. The molecule has 0 spiro atoms. The summed E-state index contributed by atoms with van der Waals surface area (Å²) in [5, 5.41) is 4.94. The predicted octanol–water partition coefficient (Wildman–Crippen LogP) is 3.46. The van der Waals surface area contributed by atoms with E-state index in [1.807, 2.05) is 36.4 Å². The first-order chi connectivity index (χ1) is 18.9. The number of cyclic esters (lactones) is 2. The lowest BCUT2D eigenvalue weighted by Crippen LogP contribution is -2.60. The highest BCUT2D eigenvalue weighted by molar-refractivity contribution is 5.91. The number of benzene rings is 1. The third-order valence-electron chi connectivity index (χ3n) is 7.23. The number of pyridine rings is 1. The molecule has 40 heavy (non-hydrogen) atoms. The molecule has 5 bridgehead atoms. The van der Waals surface area contributed by atoms with E-state index in [0.29, 0.717) is 30.6 Å². The Labute approximate surface area is 234 Å². The molecule has 4 atom stereocenters. The molecule has 1 aromatic heterocycles. The van der Waals surface area contributed by atoms with Gasteiger partial charge >= 0.3 is 11.9 Å². The number of carbonyl (C=O) groups excluding carboxylic acids is 4. The van der Waals surface area contributed by atoms with E-state index < -0.39 is 53.5 Å². The van der Waals surface area contributed by atoms with Gasteiger partial charge in [-0.2, -0.15) is 0 Å². The van der Waals surface area contributed by atoms with E-state index >= 15 is 0 Å². The van der Waals surface area contributed by atoms with E-state index in [4.69, 9.17) is 14.5 Å². The Morgan fingerprint density at radius 2 is 1.77 bits per heavy atom. The van der Waals surface area contributed by atoms with Crippen molar-refractivity contribution in [3.05, 3.63) is 47.7 Å². The molecule has 10 heteroatoms. The first-order valence-electron chi connectivity index (χ1n) is 13.7. The van der Waals surface area contributed by atoms with Crippen LogP contribution in [0.15, 0.2) is 36.4 Å². The van der Waals surface area contributed by atoms with Crippen LogP contribution in [-0.2, 0) is 28.7 Å². The summed E-state index contributed by atoms with van der Waals surface area (Å²) in [6, 6.07) is 7.85. The van der Waals surface area contributed by atoms with E-state index in [1.165, 1.54) is 5.01 Å². The molecular formula is C30H38N4O6. The Morgan fingerprint density at radius 3 is 2.50 bits per heavy atom. The summed E-state index contributed by atoms with van der Waals surface area (Å²) in [7, 11) is 0. The number of esters is 2. The van der Waals surface area contributed by atoms with Crippen LogP contribution in [0, 0.1) is 11.3 Å². The van der Waals surface area contributed by atoms with Gasteiger partial charge in [0.05, 0.1) is 16.6 Å². The van der Waals surface area contributed by atoms with Crippen molar-refractivity contribution in [1.82, 2.24) is 20.7 Å². The predicted molar refractivity (Wildman–Crippen MR) is 149 cm³/mol. The molecule has 2 aromatic rings. The third-order valence-corrected chi connectivity index (χ3v) is 7.23. The lowest BCUT2D eigenvalue weighted by molar-refractivity contribution is -0.165. The van der Waals surface area contributed by atoms with Crippen LogP contribution in [0.4, 0.5) is 0 Å². The lowest BCUT2D eigenvalue weighted by Gasteiger charge is -2.35. The molecular weight excluding hydrogens is 512 g/mol. The van der Waals surface area contributed by atoms with Crippen LogP contribution in [0.2, 0.25) is 0 Å². The number of carbonyl (C=O) groups is 4. The molecule has 0 saturated carbocycles. The second kappa shape index (κ2) is 11.8. The van der Waals surface area contributed by atoms with E-state index in [9.17, 15) is 19.2 Å². The Kier molecular flexibility index (Phi) is 8.58. The molecule has 4 unspecified atom stereocenters. The minimum atomic E-state index is -1.09. The Morgan fingerprint density at radius 1 is 1.05 bits per heavy atom. The van der Waals surface area contributed by atoms with Crippen LogP contribution in [0.25, 0.3) is 17.0 Å². The molecule has 2 aliphatic heterocycles. The van der Waals surface area contributed by atoms with Crippen LogP contribution in [0.5, 0.6) is 0 Å². The Bertz CT molecular complexity index is 1340. The van der Waals surface area contributed by atoms with Gasteiger partial charge in [0, 0.05) is 11.9 Å². The van der Waals surface area contributed by atoms with Gasteiger partial charge < -0.3 is 14.8 Å². The topological polar surface area (TPSA) is 127 Å². The Balaban J connectivity index is 1.70. The Hall–Kier alpha value is -3.79. The van der Waals surface area contributed by atoms with Crippen molar-refractivity contribution in [2.75, 3.05) is 6.54 Å². The number of aromatic nitrogens is 1. The normalized spacial score (nSPS) is 26.4. The summed E-state index contributed by atoms with van der Waals surface area (Å²) in [4.78, 5) is 57.2. The van der Waals surface area contributed by atoms with Gasteiger partial charge in [0.15, 0.2) is 6.10 Å². The van der Waals surface area contributed by atoms with E-state index in [1.54, 1.807) is 47.6 Å². The van der Waals surface area contributed by atoms with Crippen LogP contribution in [0.1, 0.15) is 71.7 Å². The zero-order valence-corrected chi connectivity index (χ0v) is 23.9. The van der Waals surface area contributed by atoms with Gasteiger partial charge in [0.2, 0.25) is 0 Å². The van der Waals surface area contributed by atoms with Crippen LogP contribution in [-0.4, -0.2) is 58.5 Å². The standard InChI is InChI=1S/C30H38N4O6/c1-17(2)25-26(35)31-18(3)27(36)34-15-7-8-23(33-34)28(37)39-19(4)22-12-11-21-10-9-20(16-24(21)32-22)13-14-30(5,6)29(38)40-25/h9-14,16-19,23,25,33H,7-8,15H2,1-6H3,(H,31,35). The van der Waals surface area contributed by atoms with Crippen LogP contribution in [0.3, 0.4) is 0 Å². The number of hydrogen-bond acceptors (Lipinski definition) is 8. The number of ether oxygens (including phenoxy) is 2. The molecule has 10 nitrogen and oxygen atoms in total. The van der Waals surface area contributed by atoms with Crippen molar-refractivity contribution < 1.29 is 28.7 Å².